The largest absolute Gasteiger partial charge is 0.375 e. The summed E-state index contributed by atoms with van der Waals surface area (Å²) in [4.78, 5) is 16.5. The van der Waals surface area contributed by atoms with Crippen molar-refractivity contribution < 1.29 is 9.53 Å². The fourth-order valence-corrected chi connectivity index (χ4v) is 4.44. The van der Waals surface area contributed by atoms with E-state index in [0.717, 1.165) is 37.3 Å². The summed E-state index contributed by atoms with van der Waals surface area (Å²) in [6, 6.07) is 0.170. The summed E-state index contributed by atoms with van der Waals surface area (Å²) in [6.07, 6.45) is 9.80. The van der Waals surface area contributed by atoms with E-state index in [9.17, 15) is 4.79 Å². The Balaban J connectivity index is 1.44. The number of hydrogen-bond acceptors (Lipinski definition) is 4. The predicted molar refractivity (Wildman–Crippen MR) is 91.9 cm³/mol. The zero-order valence-corrected chi connectivity index (χ0v) is 14.7. The second-order valence-electron chi connectivity index (χ2n) is 6.91. The van der Waals surface area contributed by atoms with Gasteiger partial charge in [-0.3, -0.25) is 0 Å². The van der Waals surface area contributed by atoms with E-state index in [4.69, 9.17) is 4.74 Å². The molecule has 5 nitrogen and oxygen atoms in total. The van der Waals surface area contributed by atoms with Gasteiger partial charge >= 0.3 is 6.03 Å². The van der Waals surface area contributed by atoms with Crippen LogP contribution < -0.4 is 10.6 Å². The molecular formula is C17H27N3O2S. The van der Waals surface area contributed by atoms with Gasteiger partial charge in [-0.2, -0.15) is 0 Å². The smallest absolute Gasteiger partial charge is 0.315 e. The first-order chi connectivity index (χ1) is 11.2. The van der Waals surface area contributed by atoms with Crippen LogP contribution in [0.4, 0.5) is 4.79 Å². The van der Waals surface area contributed by atoms with E-state index in [2.05, 4.69) is 22.5 Å². The molecule has 2 amide bonds. The van der Waals surface area contributed by atoms with Crippen molar-refractivity contribution in [1.29, 1.82) is 0 Å². The van der Waals surface area contributed by atoms with Crippen LogP contribution in [0.1, 0.15) is 62.8 Å². The van der Waals surface area contributed by atoms with Gasteiger partial charge in [0.05, 0.1) is 10.6 Å². The average Bonchev–Trinajstić information content (AvgIpc) is 3.08. The number of thiazole rings is 1. The third-order valence-corrected chi connectivity index (χ3v) is 6.04. The standard InChI is InChI=1S/C17H27N3O2S/c1-13(15-18-8-10-23-15)12-19-16(21)20-14-5-9-22-17(11-14)6-3-2-4-7-17/h8,10,13-14H,2-7,9,11-12H2,1H3,(H2,19,20,21)/t13-,14-/m0/s1. The highest BCUT2D eigenvalue weighted by Gasteiger charge is 2.38. The first-order valence-electron chi connectivity index (χ1n) is 8.75. The molecule has 1 aliphatic carbocycles. The highest BCUT2D eigenvalue weighted by Crippen LogP contribution is 2.38. The van der Waals surface area contributed by atoms with Crippen molar-refractivity contribution in [1.82, 2.24) is 15.6 Å². The van der Waals surface area contributed by atoms with Crippen LogP contribution in [0.5, 0.6) is 0 Å². The fourth-order valence-electron chi connectivity index (χ4n) is 3.74. The first-order valence-corrected chi connectivity index (χ1v) is 9.63. The monoisotopic (exact) mass is 337 g/mol. The minimum atomic E-state index is -0.0636. The Labute approximate surface area is 142 Å². The normalized spacial score (nSPS) is 25.0. The molecule has 128 valence electrons. The molecule has 2 fully saturated rings. The lowest BCUT2D eigenvalue weighted by atomic mass is 9.78. The molecule has 0 unspecified atom stereocenters. The van der Waals surface area contributed by atoms with E-state index < -0.39 is 0 Å². The number of urea groups is 1. The molecule has 1 spiro atoms. The van der Waals surface area contributed by atoms with E-state index in [1.807, 2.05) is 11.6 Å². The highest BCUT2D eigenvalue weighted by atomic mass is 32.1. The van der Waals surface area contributed by atoms with Gasteiger partial charge in [0.25, 0.3) is 0 Å². The molecule has 6 heteroatoms. The van der Waals surface area contributed by atoms with Crippen molar-refractivity contribution in [3.8, 4) is 0 Å². The van der Waals surface area contributed by atoms with Gasteiger partial charge in [0, 0.05) is 36.7 Å². The van der Waals surface area contributed by atoms with Gasteiger partial charge in [-0.15, -0.1) is 11.3 Å². The molecule has 1 aromatic heterocycles. The maximum absolute atomic E-state index is 12.2. The number of aromatic nitrogens is 1. The van der Waals surface area contributed by atoms with Crippen LogP contribution >= 0.6 is 11.3 Å². The zero-order chi connectivity index (χ0) is 16.1. The number of carbonyl (C=O) groups is 1. The molecule has 2 atom stereocenters. The number of ether oxygens (including phenoxy) is 1. The SMILES string of the molecule is C[C@@H](CNC(=O)N[C@H]1CCOC2(CCCCC2)C1)c1nccs1. The van der Waals surface area contributed by atoms with Crippen molar-refractivity contribution in [2.75, 3.05) is 13.2 Å². The summed E-state index contributed by atoms with van der Waals surface area (Å²) in [5.74, 6) is 0.250. The minimum absolute atomic E-state index is 0.0304. The number of rotatable bonds is 4. The average molecular weight is 337 g/mol. The number of nitrogens with one attached hydrogen (secondary N) is 2. The molecule has 0 bridgehead atoms. The molecule has 2 aliphatic rings. The Morgan fingerprint density at radius 1 is 1.48 bits per heavy atom. The molecule has 0 aromatic carbocycles. The molecule has 2 heterocycles. The third kappa shape index (κ3) is 4.44. The highest BCUT2D eigenvalue weighted by molar-refractivity contribution is 7.09. The van der Waals surface area contributed by atoms with Gasteiger partial charge in [0.2, 0.25) is 0 Å². The van der Waals surface area contributed by atoms with E-state index in [-0.39, 0.29) is 23.6 Å². The van der Waals surface area contributed by atoms with Crippen molar-refractivity contribution >= 4 is 17.4 Å². The lowest BCUT2D eigenvalue weighted by molar-refractivity contribution is -0.107. The Morgan fingerprint density at radius 3 is 3.04 bits per heavy atom. The molecule has 2 N–H and O–H groups in total. The molecular weight excluding hydrogens is 310 g/mol. The number of amides is 2. The quantitative estimate of drug-likeness (QED) is 0.885. The van der Waals surface area contributed by atoms with Crippen LogP contribution in [-0.4, -0.2) is 35.8 Å². The number of carbonyl (C=O) groups excluding carboxylic acids is 1. The molecule has 0 radical (unpaired) electrons. The van der Waals surface area contributed by atoms with Crippen molar-refractivity contribution in [2.24, 2.45) is 0 Å². The lowest BCUT2D eigenvalue weighted by Crippen LogP contribution is -2.51. The second kappa shape index (κ2) is 7.62. The molecule has 1 aliphatic heterocycles. The van der Waals surface area contributed by atoms with E-state index in [0.29, 0.717) is 6.54 Å². The summed E-state index contributed by atoms with van der Waals surface area (Å²) >= 11 is 1.63. The van der Waals surface area contributed by atoms with Crippen molar-refractivity contribution in [3.63, 3.8) is 0 Å². The van der Waals surface area contributed by atoms with E-state index in [1.165, 1.54) is 19.3 Å². The molecule has 3 rings (SSSR count). The Morgan fingerprint density at radius 2 is 2.30 bits per heavy atom. The Bertz CT molecular complexity index is 494. The van der Waals surface area contributed by atoms with Crippen LogP contribution in [0.25, 0.3) is 0 Å². The maximum Gasteiger partial charge on any atom is 0.315 e. The van der Waals surface area contributed by atoms with Crippen LogP contribution in [-0.2, 0) is 4.74 Å². The van der Waals surface area contributed by atoms with Crippen LogP contribution in [0.2, 0.25) is 0 Å². The van der Waals surface area contributed by atoms with Crippen molar-refractivity contribution in [2.45, 2.75) is 69.4 Å². The predicted octanol–water partition coefficient (Wildman–Crippen LogP) is 3.43. The van der Waals surface area contributed by atoms with Crippen LogP contribution in [0.15, 0.2) is 11.6 Å². The lowest BCUT2D eigenvalue weighted by Gasteiger charge is -2.43. The number of nitrogens with zero attached hydrogens (tertiary/aromatic N) is 1. The van der Waals surface area contributed by atoms with E-state index >= 15 is 0 Å². The zero-order valence-electron chi connectivity index (χ0n) is 13.8. The Kier molecular flexibility index (Phi) is 5.54. The number of hydrogen-bond donors (Lipinski definition) is 2. The first kappa shape index (κ1) is 16.7. The van der Waals surface area contributed by atoms with Gasteiger partial charge in [-0.05, 0) is 25.7 Å². The molecule has 1 aromatic rings. The van der Waals surface area contributed by atoms with Gasteiger partial charge < -0.3 is 15.4 Å². The van der Waals surface area contributed by atoms with Crippen molar-refractivity contribution in [3.05, 3.63) is 16.6 Å². The third-order valence-electron chi connectivity index (χ3n) is 5.03. The van der Waals surface area contributed by atoms with Crippen LogP contribution in [0, 0.1) is 0 Å². The second-order valence-corrected chi connectivity index (χ2v) is 7.83. The van der Waals surface area contributed by atoms with Gasteiger partial charge in [0.1, 0.15) is 0 Å². The molecule has 23 heavy (non-hydrogen) atoms. The van der Waals surface area contributed by atoms with E-state index in [1.54, 1.807) is 11.3 Å². The van der Waals surface area contributed by atoms with Gasteiger partial charge in [-0.1, -0.05) is 26.2 Å². The topological polar surface area (TPSA) is 63.2 Å². The Hall–Kier alpha value is -1.14. The summed E-state index contributed by atoms with van der Waals surface area (Å²) in [7, 11) is 0. The summed E-state index contributed by atoms with van der Waals surface area (Å²) in [6.45, 7) is 3.47. The van der Waals surface area contributed by atoms with Gasteiger partial charge in [0.15, 0.2) is 0 Å². The molecule has 1 saturated heterocycles. The van der Waals surface area contributed by atoms with Gasteiger partial charge in [-0.25, -0.2) is 9.78 Å². The maximum atomic E-state index is 12.2. The molecule has 1 saturated carbocycles. The summed E-state index contributed by atoms with van der Waals surface area (Å²) in [5.41, 5.74) is 0.0304. The van der Waals surface area contributed by atoms with Crippen LogP contribution in [0.3, 0.4) is 0 Å². The summed E-state index contributed by atoms with van der Waals surface area (Å²) in [5, 5.41) is 9.17. The minimum Gasteiger partial charge on any atom is -0.375 e. The fraction of sp³-hybridized carbons (Fsp3) is 0.765. The summed E-state index contributed by atoms with van der Waals surface area (Å²) < 4.78 is 6.09.